The lowest BCUT2D eigenvalue weighted by Gasteiger charge is -2.25. The fourth-order valence-electron chi connectivity index (χ4n) is 4.71. The second-order valence-corrected chi connectivity index (χ2v) is 8.94. The number of amides is 1. The molecule has 0 bridgehead atoms. The molecule has 178 valence electrons. The number of anilines is 1. The number of benzene rings is 1. The number of hydrogen-bond donors (Lipinski definition) is 2. The molecule has 5 heterocycles. The molecular weight excluding hydrogens is 444 g/mol. The summed E-state index contributed by atoms with van der Waals surface area (Å²) in [5.74, 6) is 3.86. The summed E-state index contributed by atoms with van der Waals surface area (Å²) in [6.07, 6.45) is 6.30. The molecule has 0 saturated heterocycles. The van der Waals surface area contributed by atoms with Crippen LogP contribution in [0.25, 0.3) is 11.4 Å². The molecule has 9 heteroatoms. The second-order valence-electron chi connectivity index (χ2n) is 8.94. The van der Waals surface area contributed by atoms with Crippen LogP contribution in [0.15, 0.2) is 42.7 Å². The molecule has 0 unspecified atom stereocenters. The number of nitrogens with one attached hydrogen (secondary N) is 2. The fourth-order valence-corrected chi connectivity index (χ4v) is 4.71. The summed E-state index contributed by atoms with van der Waals surface area (Å²) in [6, 6.07) is 9.80. The molecule has 3 aromatic heterocycles. The molecule has 0 radical (unpaired) electrons. The summed E-state index contributed by atoms with van der Waals surface area (Å²) in [5, 5.41) is 7.35. The highest BCUT2D eigenvalue weighted by Crippen LogP contribution is 2.37. The van der Waals surface area contributed by atoms with Crippen LogP contribution in [0.5, 0.6) is 17.2 Å². The lowest BCUT2D eigenvalue weighted by molar-refractivity contribution is -0.116. The lowest BCUT2D eigenvalue weighted by Crippen LogP contribution is -2.20. The van der Waals surface area contributed by atoms with Gasteiger partial charge in [-0.15, -0.1) is 0 Å². The predicted octanol–water partition coefficient (Wildman–Crippen LogP) is 4.16. The first kappa shape index (κ1) is 21.4. The average molecular weight is 471 g/mol. The second kappa shape index (κ2) is 8.57. The van der Waals surface area contributed by atoms with Gasteiger partial charge < -0.3 is 19.8 Å². The number of aromatic nitrogens is 5. The molecule has 1 aromatic carbocycles. The monoisotopic (exact) mass is 470 g/mol. The van der Waals surface area contributed by atoms with E-state index in [0.29, 0.717) is 31.0 Å². The highest BCUT2D eigenvalue weighted by molar-refractivity contribution is 5.93. The fraction of sp³-hybridized carbons (Fsp3) is 0.308. The first-order valence-electron chi connectivity index (χ1n) is 11.9. The van der Waals surface area contributed by atoms with Gasteiger partial charge in [-0.1, -0.05) is 6.92 Å². The molecule has 9 nitrogen and oxygen atoms in total. The van der Waals surface area contributed by atoms with Crippen LogP contribution in [0.1, 0.15) is 41.9 Å². The SMILES string of the molecule is CCc1cc(-c2c[nH]c([C@@H]3COc4ccc(Oc5ccnc6c5CCC(=O)N6)cc4C3)n2)n(C)n1. The Balaban J connectivity index is 1.22. The molecule has 0 spiro atoms. The summed E-state index contributed by atoms with van der Waals surface area (Å²) in [4.78, 5) is 24.2. The maximum Gasteiger partial charge on any atom is 0.225 e. The number of aryl methyl sites for hydroxylation is 2. The zero-order valence-electron chi connectivity index (χ0n) is 19.7. The molecule has 2 aliphatic heterocycles. The number of carbonyl (C=O) groups excluding carboxylic acids is 1. The third-order valence-corrected chi connectivity index (χ3v) is 6.58. The third-order valence-electron chi connectivity index (χ3n) is 6.58. The number of aromatic amines is 1. The van der Waals surface area contributed by atoms with Crippen molar-refractivity contribution in [3.63, 3.8) is 0 Å². The van der Waals surface area contributed by atoms with Gasteiger partial charge in [0.25, 0.3) is 0 Å². The molecule has 2 aliphatic rings. The van der Waals surface area contributed by atoms with E-state index in [1.165, 1.54) is 0 Å². The number of H-pyrrole nitrogens is 1. The molecule has 4 aromatic rings. The largest absolute Gasteiger partial charge is 0.493 e. The van der Waals surface area contributed by atoms with Crippen LogP contribution >= 0.6 is 0 Å². The van der Waals surface area contributed by atoms with Crippen LogP contribution in [0.2, 0.25) is 0 Å². The summed E-state index contributed by atoms with van der Waals surface area (Å²) in [5.41, 5.74) is 4.92. The Bertz CT molecular complexity index is 1420. The minimum atomic E-state index is -0.0191. The minimum absolute atomic E-state index is 0.0191. The van der Waals surface area contributed by atoms with Crippen molar-refractivity contribution < 1.29 is 14.3 Å². The maximum atomic E-state index is 11.7. The van der Waals surface area contributed by atoms with E-state index < -0.39 is 0 Å². The smallest absolute Gasteiger partial charge is 0.225 e. The summed E-state index contributed by atoms with van der Waals surface area (Å²) >= 11 is 0. The Labute approximate surface area is 202 Å². The van der Waals surface area contributed by atoms with Crippen molar-refractivity contribution in [3.8, 4) is 28.6 Å². The van der Waals surface area contributed by atoms with Crippen LogP contribution in [0.4, 0.5) is 5.82 Å². The zero-order chi connectivity index (χ0) is 23.9. The summed E-state index contributed by atoms with van der Waals surface area (Å²) in [6.45, 7) is 2.65. The lowest BCUT2D eigenvalue weighted by atomic mass is 9.96. The van der Waals surface area contributed by atoms with Gasteiger partial charge in [0.15, 0.2) is 0 Å². The van der Waals surface area contributed by atoms with Crippen LogP contribution in [0.3, 0.4) is 0 Å². The Morgan fingerprint density at radius 2 is 2.14 bits per heavy atom. The molecule has 0 saturated carbocycles. The normalized spacial score (nSPS) is 16.7. The minimum Gasteiger partial charge on any atom is -0.493 e. The Kier molecular flexibility index (Phi) is 5.24. The Hall–Kier alpha value is -4.14. The van der Waals surface area contributed by atoms with Gasteiger partial charge >= 0.3 is 0 Å². The number of fused-ring (bicyclic) bond motifs is 2. The van der Waals surface area contributed by atoms with Crippen molar-refractivity contribution in [1.82, 2.24) is 24.7 Å². The number of carbonyl (C=O) groups is 1. The summed E-state index contributed by atoms with van der Waals surface area (Å²) in [7, 11) is 1.94. The van der Waals surface area contributed by atoms with E-state index in [9.17, 15) is 4.79 Å². The third kappa shape index (κ3) is 4.03. The van der Waals surface area contributed by atoms with Gasteiger partial charge in [-0.3, -0.25) is 9.48 Å². The summed E-state index contributed by atoms with van der Waals surface area (Å²) < 4.78 is 14.2. The van der Waals surface area contributed by atoms with E-state index in [2.05, 4.69) is 33.4 Å². The topological polar surface area (TPSA) is 107 Å². The van der Waals surface area contributed by atoms with Gasteiger partial charge in [0.2, 0.25) is 5.91 Å². The van der Waals surface area contributed by atoms with Crippen LogP contribution in [0, 0.1) is 0 Å². The quantitative estimate of drug-likeness (QED) is 0.454. The molecular formula is C26H26N6O3. The van der Waals surface area contributed by atoms with Crippen LogP contribution in [-0.2, 0) is 31.1 Å². The van der Waals surface area contributed by atoms with E-state index in [1.807, 2.05) is 42.2 Å². The van der Waals surface area contributed by atoms with Gasteiger partial charge in [-0.2, -0.15) is 5.10 Å². The van der Waals surface area contributed by atoms with E-state index in [4.69, 9.17) is 14.5 Å². The average Bonchev–Trinajstić information content (AvgIpc) is 3.50. The highest BCUT2D eigenvalue weighted by Gasteiger charge is 2.26. The maximum absolute atomic E-state index is 11.7. The molecule has 35 heavy (non-hydrogen) atoms. The van der Waals surface area contributed by atoms with E-state index in [1.54, 1.807) is 6.20 Å². The molecule has 0 fully saturated rings. The van der Waals surface area contributed by atoms with Crippen molar-refractivity contribution >= 4 is 11.7 Å². The van der Waals surface area contributed by atoms with Gasteiger partial charge in [0.1, 0.15) is 34.6 Å². The van der Waals surface area contributed by atoms with Gasteiger partial charge in [0, 0.05) is 31.4 Å². The number of pyridine rings is 1. The van der Waals surface area contributed by atoms with Crippen LogP contribution in [-0.4, -0.2) is 37.2 Å². The van der Waals surface area contributed by atoms with E-state index in [-0.39, 0.29) is 11.8 Å². The number of imidazole rings is 1. The first-order valence-corrected chi connectivity index (χ1v) is 11.9. The van der Waals surface area contributed by atoms with Crippen LogP contribution < -0.4 is 14.8 Å². The van der Waals surface area contributed by atoms with Crippen molar-refractivity contribution in [3.05, 3.63) is 65.4 Å². The standard InChI is InChI=1S/C26H26N6O3/c1-3-17-12-21(32(2)31-17)20-13-28-25(29-20)16-10-15-11-18(4-6-22(15)34-14-16)35-23-8-9-27-26-19(23)5-7-24(33)30-26/h4,6,8-9,11-13,16H,3,5,7,10,14H2,1-2H3,(H,28,29)(H,27,30,33)/t16-/m0/s1. The number of hydrogen-bond acceptors (Lipinski definition) is 6. The number of ether oxygens (including phenoxy) is 2. The highest BCUT2D eigenvalue weighted by atomic mass is 16.5. The van der Waals surface area contributed by atoms with E-state index in [0.717, 1.165) is 58.4 Å². The van der Waals surface area contributed by atoms with Crippen molar-refractivity contribution in [2.75, 3.05) is 11.9 Å². The zero-order valence-corrected chi connectivity index (χ0v) is 19.7. The van der Waals surface area contributed by atoms with Crippen molar-refractivity contribution in [2.24, 2.45) is 7.05 Å². The van der Waals surface area contributed by atoms with Crippen molar-refractivity contribution in [1.29, 1.82) is 0 Å². The molecule has 1 atom stereocenters. The van der Waals surface area contributed by atoms with Gasteiger partial charge in [0.05, 0.1) is 23.9 Å². The van der Waals surface area contributed by atoms with Gasteiger partial charge in [-0.05, 0) is 55.2 Å². The number of rotatable bonds is 5. The Morgan fingerprint density at radius 3 is 3.00 bits per heavy atom. The van der Waals surface area contributed by atoms with E-state index >= 15 is 0 Å². The number of nitrogens with zero attached hydrogens (tertiary/aromatic N) is 4. The molecule has 6 rings (SSSR count). The Morgan fingerprint density at radius 1 is 1.23 bits per heavy atom. The van der Waals surface area contributed by atoms with Gasteiger partial charge in [-0.25, -0.2) is 9.97 Å². The first-order chi connectivity index (χ1) is 17.1. The molecule has 1 amide bonds. The molecule has 0 aliphatic carbocycles. The molecule has 2 N–H and O–H groups in total. The van der Waals surface area contributed by atoms with Crippen molar-refractivity contribution in [2.45, 2.75) is 38.5 Å². The predicted molar refractivity (Wildman–Crippen MR) is 130 cm³/mol.